The summed E-state index contributed by atoms with van der Waals surface area (Å²) in [6.45, 7) is 76.7. The van der Waals surface area contributed by atoms with Gasteiger partial charge >= 0.3 is 0 Å². The van der Waals surface area contributed by atoms with Crippen molar-refractivity contribution in [3.8, 4) is 0 Å². The van der Waals surface area contributed by atoms with Crippen LogP contribution in [0.3, 0.4) is 0 Å². The molecule has 1 rings (SSSR count). The van der Waals surface area contributed by atoms with E-state index in [1.165, 1.54) is 0 Å². The summed E-state index contributed by atoms with van der Waals surface area (Å²) in [7, 11) is 0. The van der Waals surface area contributed by atoms with Gasteiger partial charge in [-0.1, -0.05) is 314 Å². The van der Waals surface area contributed by atoms with Crippen LogP contribution in [-0.4, -0.2) is 232 Å². The Hall–Kier alpha value is -8.05. The van der Waals surface area contributed by atoms with Crippen molar-refractivity contribution in [1.82, 2.24) is 46.6 Å². The SMILES string of the molecule is C.C.C.C.C.CC(C)C(=O)CN(CCN(CC(=O)C(C)C)C(=O)C(C)C)CC(=O)C(C)C.CC(C)Cc1cc(C(=O)C(C)C)cc(C(=O)C(C)C)c1.CC(C)NC(CCC(=O)NC(CCC(=O)C(C)C)C(=O)C(C)C)C(=O)C(C)C.CC(C)NC(CCC(=O)NC(CCC(=O)NC(CCC(=O)C(C)C)C(=O)C(C)C)C(=O)C(C)C)C(=O)C(C)C.CC(C)NCCC(C(=O)C(C)C)N(CC(=O)C(C)C)CC(=O)C(C)C. The maximum Gasteiger partial charge on any atom is 0.225 e. The van der Waals surface area contributed by atoms with E-state index in [-0.39, 0.29) is 332 Å². The first-order chi connectivity index (χ1) is 63.9. The van der Waals surface area contributed by atoms with Gasteiger partial charge in [-0.2, -0.15) is 0 Å². The molecule has 0 bridgehead atoms. The maximum absolute atomic E-state index is 12.8. The van der Waals surface area contributed by atoms with Crippen molar-refractivity contribution >= 4 is 110 Å². The first kappa shape index (κ1) is 154. The molecular weight excluding hydrogens is 1820 g/mol. The predicted octanol–water partition coefficient (Wildman–Crippen LogP) is 19.5. The molecule has 0 aliphatic heterocycles. The Kier molecular flexibility index (Phi) is 85.4. The molecule has 6 unspecified atom stereocenters. The van der Waals surface area contributed by atoms with Gasteiger partial charge in [-0.05, 0) is 81.2 Å². The van der Waals surface area contributed by atoms with Gasteiger partial charge in [0.15, 0.2) is 52.0 Å². The van der Waals surface area contributed by atoms with Crippen LogP contribution in [-0.2, 0) is 87.9 Å². The van der Waals surface area contributed by atoms with Crippen molar-refractivity contribution in [3.05, 3.63) is 34.9 Å². The molecule has 4 amide bonds. The molecule has 6 N–H and O–H groups in total. The van der Waals surface area contributed by atoms with Crippen LogP contribution in [0.25, 0.3) is 0 Å². The molecule has 28 heteroatoms. The first-order valence-corrected chi connectivity index (χ1v) is 51.9. The van der Waals surface area contributed by atoms with Gasteiger partial charge in [0.2, 0.25) is 23.6 Å². The molecule has 1 aromatic carbocycles. The van der Waals surface area contributed by atoms with Gasteiger partial charge in [0.1, 0.15) is 34.7 Å². The number of amides is 4. The molecule has 28 nitrogen and oxygen atoms in total. The molecule has 0 aliphatic carbocycles. The molecule has 0 saturated carbocycles. The smallest absolute Gasteiger partial charge is 0.225 e. The van der Waals surface area contributed by atoms with Crippen molar-refractivity contribution in [1.29, 1.82) is 0 Å². The Balaban J connectivity index is -0.000000228. The fraction of sp³-hybridized carbons (Fsp3) is 0.784. The van der Waals surface area contributed by atoms with Crippen LogP contribution < -0.4 is 31.9 Å². The Labute approximate surface area is 876 Å². The number of nitrogens with zero attached hydrogens (tertiary/aromatic N) is 3. The topological polar surface area (TPSA) is 406 Å². The molecule has 0 saturated heterocycles. The molecule has 0 aromatic heterocycles. The van der Waals surface area contributed by atoms with Crippen LogP contribution in [0, 0.1) is 101 Å². The standard InChI is InChI=1S/C30H53N3O6.C22H40N2O4.C21H38N2O4.C20H38N2O3.C18H26O2.5CH4/c1-17(2)25(34)14-11-23(29(38)19(5)6)32-27(36)16-13-24(30(39)20(7)8)33-26(35)15-12-22(31-21(9)10)28(37)18(3)4;1-13(2)19(25)11-9-18(22(28)15(5)6)24-20(26)12-10-17(23-16(7)8)21(27)14(3)4;1-14(2)18(24)11-22(12-19(25)15(3)4)9-10-23(21(27)17(7)8)13-20(26)16(5)6;1-13(2)18(23)11-22(12-19(24)14(3)4)17(20(25)15(5)6)9-10-21-16(7)8;1-11(2)7-14-8-15(17(19)12(3)4)10-16(9-14)18(20)13(5)6;;;;;/h17-24,31H,11-16H2,1-10H3,(H,32,36)(H,33,35);13-18,23H,9-12H2,1-8H3,(H,24,26);14-17H,9-13H2,1-8H3;13-17,21H,9-12H2,1-8H3;8-13H,7H2,1-6H3;5*1H4. The summed E-state index contributed by atoms with van der Waals surface area (Å²) in [4.78, 5) is 241. The van der Waals surface area contributed by atoms with Gasteiger partial charge in [0.05, 0.1) is 69.0 Å². The van der Waals surface area contributed by atoms with Crippen molar-refractivity contribution < 1.29 is 91.1 Å². The summed E-state index contributed by atoms with van der Waals surface area (Å²) in [5, 5.41) is 18.0. The lowest BCUT2D eigenvalue weighted by Gasteiger charge is -2.32. The number of benzene rings is 1. The number of carbonyl (C=O) groups excluding carboxylic acids is 19. The Bertz CT molecular complexity index is 3930. The molecule has 144 heavy (non-hydrogen) atoms. The number of carbonyl (C=O) groups is 19. The van der Waals surface area contributed by atoms with Crippen molar-refractivity contribution in [3.63, 3.8) is 0 Å². The van der Waals surface area contributed by atoms with Gasteiger partial charge < -0.3 is 36.8 Å². The van der Waals surface area contributed by atoms with Gasteiger partial charge in [-0.25, -0.2) is 0 Å². The molecule has 6 atom stereocenters. The first-order valence-electron chi connectivity index (χ1n) is 51.9. The summed E-state index contributed by atoms with van der Waals surface area (Å²) in [5.74, 6) is -2.69. The highest BCUT2D eigenvalue weighted by Gasteiger charge is 2.35. The van der Waals surface area contributed by atoms with Crippen LogP contribution in [0.5, 0.6) is 0 Å². The summed E-state index contributed by atoms with van der Waals surface area (Å²) < 4.78 is 0. The lowest BCUT2D eigenvalue weighted by molar-refractivity contribution is -0.139. The summed E-state index contributed by atoms with van der Waals surface area (Å²) in [5.41, 5.74) is 2.42. The summed E-state index contributed by atoms with van der Waals surface area (Å²) >= 11 is 0. The van der Waals surface area contributed by atoms with Crippen LogP contribution in [0.4, 0.5) is 0 Å². The number of nitrogens with one attached hydrogen (secondary N) is 6. The molecular formula is C116H215N9O19. The average molecular weight is 2040 g/mol. The van der Waals surface area contributed by atoms with Gasteiger partial charge in [-0.3, -0.25) is 101 Å². The minimum absolute atomic E-state index is 0. The zero-order chi connectivity index (χ0) is 109. The highest BCUT2D eigenvalue weighted by molar-refractivity contribution is 6.03. The zero-order valence-corrected chi connectivity index (χ0v) is 94.0. The summed E-state index contributed by atoms with van der Waals surface area (Å²) in [6.07, 6.45) is 3.42. The molecule has 0 spiro atoms. The second kappa shape index (κ2) is 80.0. The third-order valence-electron chi connectivity index (χ3n) is 23.4. The van der Waals surface area contributed by atoms with Gasteiger partial charge in [0.25, 0.3) is 0 Å². The van der Waals surface area contributed by atoms with E-state index in [0.29, 0.717) is 68.4 Å². The second-order valence-corrected chi connectivity index (χ2v) is 44.0. The van der Waals surface area contributed by atoms with E-state index in [1.807, 2.05) is 192 Å². The van der Waals surface area contributed by atoms with E-state index in [9.17, 15) is 91.1 Å². The normalized spacial score (nSPS) is 12.6. The predicted molar refractivity (Wildman–Crippen MR) is 592 cm³/mol. The van der Waals surface area contributed by atoms with Crippen LogP contribution in [0.2, 0.25) is 0 Å². The number of Topliss-reactive ketones (excluding diaryl/α,β-unsaturated/α-hetero) is 15. The quantitative estimate of drug-likeness (QED) is 0.0330. The largest absolute Gasteiger partial charge is 0.346 e. The van der Waals surface area contributed by atoms with Crippen LogP contribution in [0.15, 0.2) is 18.2 Å². The van der Waals surface area contributed by atoms with Gasteiger partial charge in [0, 0.05) is 169 Å². The maximum atomic E-state index is 12.8. The van der Waals surface area contributed by atoms with E-state index in [0.717, 1.165) is 12.0 Å². The fourth-order valence-corrected chi connectivity index (χ4v) is 14.0. The Morgan fingerprint density at radius 1 is 0.257 bits per heavy atom. The lowest BCUT2D eigenvalue weighted by atomic mass is 9.91. The van der Waals surface area contributed by atoms with Crippen molar-refractivity contribution in [2.24, 2.45) is 101 Å². The van der Waals surface area contributed by atoms with Crippen molar-refractivity contribution in [2.45, 2.75) is 446 Å². The molecule has 0 heterocycles. The number of rotatable bonds is 66. The highest BCUT2D eigenvalue weighted by Crippen LogP contribution is 2.23. The Morgan fingerprint density at radius 3 is 0.771 bits per heavy atom. The zero-order valence-electron chi connectivity index (χ0n) is 94.0. The molecule has 0 aliphatic rings. The molecule has 838 valence electrons. The molecule has 1 aromatic rings. The monoisotopic (exact) mass is 2040 g/mol. The number of ketones is 15. The average Bonchev–Trinajstić information content (AvgIpc) is 0.806. The minimum atomic E-state index is -0.859. The van der Waals surface area contributed by atoms with Crippen molar-refractivity contribution in [2.75, 3.05) is 52.4 Å². The third-order valence-corrected chi connectivity index (χ3v) is 23.4. The van der Waals surface area contributed by atoms with E-state index < -0.39 is 36.1 Å². The second-order valence-electron chi connectivity index (χ2n) is 44.0. The number of hydrogen-bond donors (Lipinski definition) is 6. The summed E-state index contributed by atoms with van der Waals surface area (Å²) in [6, 6.07) is 2.64. The van der Waals surface area contributed by atoms with Crippen LogP contribution >= 0.6 is 0 Å². The van der Waals surface area contributed by atoms with E-state index in [1.54, 1.807) is 90.0 Å². The van der Waals surface area contributed by atoms with Gasteiger partial charge in [-0.15, -0.1) is 0 Å². The highest BCUT2D eigenvalue weighted by atomic mass is 16.2. The minimum Gasteiger partial charge on any atom is -0.346 e. The van der Waals surface area contributed by atoms with E-state index in [2.05, 4.69) is 59.6 Å². The Morgan fingerprint density at radius 2 is 0.521 bits per heavy atom. The lowest BCUT2D eigenvalue weighted by Crippen LogP contribution is -2.50. The molecule has 0 radical (unpaired) electrons. The molecule has 0 fully saturated rings. The van der Waals surface area contributed by atoms with Crippen LogP contribution in [0.1, 0.15) is 411 Å². The van der Waals surface area contributed by atoms with E-state index >= 15 is 0 Å². The fourth-order valence-electron chi connectivity index (χ4n) is 14.0. The van der Waals surface area contributed by atoms with E-state index in [4.69, 9.17) is 0 Å². The number of hydrogen-bond acceptors (Lipinski definition) is 24. The third kappa shape index (κ3) is 67.0.